The summed E-state index contributed by atoms with van der Waals surface area (Å²) in [6.45, 7) is 5.23. The molecule has 0 aromatic heterocycles. The summed E-state index contributed by atoms with van der Waals surface area (Å²) < 4.78 is 24.0. The van der Waals surface area contributed by atoms with E-state index >= 15 is 0 Å². The van der Waals surface area contributed by atoms with E-state index in [-0.39, 0.29) is 17.8 Å². The van der Waals surface area contributed by atoms with Crippen molar-refractivity contribution in [3.05, 3.63) is 30.1 Å². The van der Waals surface area contributed by atoms with Crippen LogP contribution in [0, 0.1) is 17.2 Å². The molecule has 2 atom stereocenters. The largest absolute Gasteiger partial charge is 0.494 e. The Kier molecular flexibility index (Phi) is 4.96. The van der Waals surface area contributed by atoms with E-state index in [4.69, 9.17) is 9.47 Å². The predicted octanol–water partition coefficient (Wildman–Crippen LogP) is 1.93. The monoisotopic (exact) mass is 309 g/mol. The lowest BCUT2D eigenvalue weighted by Crippen LogP contribution is -2.43. The summed E-state index contributed by atoms with van der Waals surface area (Å²) in [6, 6.07) is 6.12. The number of rotatable bonds is 6. The standard InChI is InChI=1S/C17H24FNO3/c18-15-2-4-16(5-3-15)22-8-1-7-19-10-14-6-9-21-13-17(14,11-19)12-20/h2-5,14,20H,1,6-13H2/t14-,17+/m0/s1. The molecule has 1 aromatic rings. The van der Waals surface area contributed by atoms with Gasteiger partial charge in [0.25, 0.3) is 0 Å². The molecule has 0 aliphatic carbocycles. The number of likely N-dealkylation sites (tertiary alicyclic amines) is 1. The van der Waals surface area contributed by atoms with Gasteiger partial charge in [0.05, 0.1) is 19.8 Å². The van der Waals surface area contributed by atoms with E-state index in [0.717, 1.165) is 39.1 Å². The normalized spacial score (nSPS) is 28.5. The molecule has 0 unspecified atom stereocenters. The van der Waals surface area contributed by atoms with E-state index in [1.807, 2.05) is 0 Å². The quantitative estimate of drug-likeness (QED) is 0.815. The van der Waals surface area contributed by atoms with Crippen LogP contribution in [0.4, 0.5) is 4.39 Å². The lowest BCUT2D eigenvalue weighted by Gasteiger charge is -2.36. The molecule has 1 aromatic carbocycles. The highest BCUT2D eigenvalue weighted by Crippen LogP contribution is 2.40. The molecule has 2 saturated heterocycles. The van der Waals surface area contributed by atoms with Gasteiger partial charge in [-0.2, -0.15) is 0 Å². The third-order valence-corrected chi connectivity index (χ3v) is 4.90. The van der Waals surface area contributed by atoms with Crippen molar-refractivity contribution < 1.29 is 19.0 Å². The second kappa shape index (κ2) is 6.94. The zero-order chi connectivity index (χ0) is 15.4. The highest BCUT2D eigenvalue weighted by molar-refractivity contribution is 5.21. The van der Waals surface area contributed by atoms with Gasteiger partial charge in [0.15, 0.2) is 0 Å². The van der Waals surface area contributed by atoms with Crippen molar-refractivity contribution in [2.24, 2.45) is 11.3 Å². The molecule has 122 valence electrons. The van der Waals surface area contributed by atoms with Crippen LogP contribution in [0.15, 0.2) is 24.3 Å². The third kappa shape index (κ3) is 3.42. The number of nitrogens with zero attached hydrogens (tertiary/aromatic N) is 1. The Morgan fingerprint density at radius 2 is 2.18 bits per heavy atom. The van der Waals surface area contributed by atoms with Crippen molar-refractivity contribution in [3.63, 3.8) is 0 Å². The summed E-state index contributed by atoms with van der Waals surface area (Å²) in [6.07, 6.45) is 1.97. The first-order chi connectivity index (χ1) is 10.7. The molecule has 4 nitrogen and oxygen atoms in total. The Hall–Kier alpha value is -1.17. The van der Waals surface area contributed by atoms with Crippen LogP contribution in [0.25, 0.3) is 0 Å². The average molecular weight is 309 g/mol. The number of ether oxygens (including phenoxy) is 2. The Morgan fingerprint density at radius 1 is 1.36 bits per heavy atom. The molecule has 0 saturated carbocycles. The number of fused-ring (bicyclic) bond motifs is 1. The van der Waals surface area contributed by atoms with Gasteiger partial charge in [-0.05, 0) is 43.0 Å². The molecule has 5 heteroatoms. The summed E-state index contributed by atoms with van der Waals surface area (Å²) in [5.74, 6) is 1.00. The molecule has 3 rings (SSSR count). The van der Waals surface area contributed by atoms with Gasteiger partial charge in [0.2, 0.25) is 0 Å². The van der Waals surface area contributed by atoms with Crippen LogP contribution in [0.3, 0.4) is 0 Å². The first kappa shape index (κ1) is 15.7. The number of hydrogen-bond donors (Lipinski definition) is 1. The molecule has 2 aliphatic heterocycles. The van der Waals surface area contributed by atoms with Crippen molar-refractivity contribution in [2.75, 3.05) is 46.1 Å². The van der Waals surface area contributed by atoms with E-state index < -0.39 is 0 Å². The third-order valence-electron chi connectivity index (χ3n) is 4.90. The minimum atomic E-state index is -0.247. The molecule has 0 spiro atoms. The maximum absolute atomic E-state index is 12.8. The van der Waals surface area contributed by atoms with Crippen LogP contribution in [-0.4, -0.2) is 56.1 Å². The fourth-order valence-electron chi connectivity index (χ4n) is 3.61. The summed E-state index contributed by atoms with van der Waals surface area (Å²) >= 11 is 0. The zero-order valence-corrected chi connectivity index (χ0v) is 12.8. The van der Waals surface area contributed by atoms with Gasteiger partial charge in [-0.25, -0.2) is 4.39 Å². The molecular weight excluding hydrogens is 285 g/mol. The van der Waals surface area contributed by atoms with Crippen LogP contribution >= 0.6 is 0 Å². The summed E-state index contributed by atoms with van der Waals surface area (Å²) in [7, 11) is 0. The van der Waals surface area contributed by atoms with Crippen molar-refractivity contribution in [2.45, 2.75) is 12.8 Å². The molecular formula is C17H24FNO3. The zero-order valence-electron chi connectivity index (χ0n) is 12.8. The highest BCUT2D eigenvalue weighted by Gasteiger charge is 2.47. The first-order valence-corrected chi connectivity index (χ1v) is 8.01. The Bertz CT molecular complexity index is 481. The van der Waals surface area contributed by atoms with Gasteiger partial charge in [-0.1, -0.05) is 0 Å². The van der Waals surface area contributed by atoms with Gasteiger partial charge >= 0.3 is 0 Å². The fourth-order valence-corrected chi connectivity index (χ4v) is 3.61. The second-order valence-electron chi connectivity index (χ2n) is 6.45. The minimum absolute atomic E-state index is 0.0595. The topological polar surface area (TPSA) is 41.9 Å². The maximum Gasteiger partial charge on any atom is 0.123 e. The van der Waals surface area contributed by atoms with E-state index in [0.29, 0.717) is 24.9 Å². The van der Waals surface area contributed by atoms with E-state index in [9.17, 15) is 9.50 Å². The van der Waals surface area contributed by atoms with Crippen molar-refractivity contribution in [1.29, 1.82) is 0 Å². The van der Waals surface area contributed by atoms with Gasteiger partial charge < -0.3 is 19.5 Å². The van der Waals surface area contributed by atoms with Crippen LogP contribution in [-0.2, 0) is 4.74 Å². The summed E-state index contributed by atoms with van der Waals surface area (Å²) in [5.41, 5.74) is -0.0595. The number of hydrogen-bond acceptors (Lipinski definition) is 4. The Balaban J connectivity index is 1.42. The van der Waals surface area contributed by atoms with Crippen LogP contribution in [0.1, 0.15) is 12.8 Å². The highest BCUT2D eigenvalue weighted by atomic mass is 19.1. The first-order valence-electron chi connectivity index (χ1n) is 8.01. The van der Waals surface area contributed by atoms with Gasteiger partial charge in [0, 0.05) is 31.7 Å². The molecule has 0 radical (unpaired) electrons. The molecule has 0 bridgehead atoms. The number of benzene rings is 1. The van der Waals surface area contributed by atoms with Crippen molar-refractivity contribution >= 4 is 0 Å². The van der Waals surface area contributed by atoms with Crippen molar-refractivity contribution in [3.8, 4) is 5.75 Å². The maximum atomic E-state index is 12.8. The van der Waals surface area contributed by atoms with Crippen LogP contribution < -0.4 is 4.74 Å². The predicted molar refractivity (Wildman–Crippen MR) is 81.4 cm³/mol. The molecule has 0 amide bonds. The molecule has 2 fully saturated rings. The molecule has 22 heavy (non-hydrogen) atoms. The fraction of sp³-hybridized carbons (Fsp3) is 0.647. The second-order valence-corrected chi connectivity index (χ2v) is 6.45. The minimum Gasteiger partial charge on any atom is -0.494 e. The number of aliphatic hydroxyl groups is 1. The summed E-state index contributed by atoms with van der Waals surface area (Å²) in [5, 5.41) is 9.75. The smallest absolute Gasteiger partial charge is 0.123 e. The van der Waals surface area contributed by atoms with Crippen molar-refractivity contribution in [1.82, 2.24) is 4.90 Å². The molecule has 1 N–H and O–H groups in total. The molecule has 2 heterocycles. The van der Waals surface area contributed by atoms with E-state index in [1.54, 1.807) is 12.1 Å². The number of halogens is 1. The van der Waals surface area contributed by atoms with Gasteiger partial charge in [-0.3, -0.25) is 0 Å². The van der Waals surface area contributed by atoms with Gasteiger partial charge in [-0.15, -0.1) is 0 Å². The summed E-state index contributed by atoms with van der Waals surface area (Å²) in [4.78, 5) is 2.41. The van der Waals surface area contributed by atoms with Gasteiger partial charge in [0.1, 0.15) is 11.6 Å². The Labute approximate surface area is 130 Å². The average Bonchev–Trinajstić information content (AvgIpc) is 2.92. The Morgan fingerprint density at radius 3 is 2.91 bits per heavy atom. The molecule has 2 aliphatic rings. The SMILES string of the molecule is OC[C@]12COCC[C@H]1CN(CCCOc1ccc(F)cc1)C2. The lowest BCUT2D eigenvalue weighted by atomic mass is 9.76. The van der Waals surface area contributed by atoms with Crippen LogP contribution in [0.2, 0.25) is 0 Å². The van der Waals surface area contributed by atoms with Crippen LogP contribution in [0.5, 0.6) is 5.75 Å². The van der Waals surface area contributed by atoms with E-state index in [1.165, 1.54) is 12.1 Å². The van der Waals surface area contributed by atoms with E-state index in [2.05, 4.69) is 4.90 Å². The lowest BCUT2D eigenvalue weighted by molar-refractivity contribution is -0.0560. The number of aliphatic hydroxyl groups excluding tert-OH is 1.